The molecule has 2 N–H and O–H groups in total. The number of nitrogens with two attached hydrogens (primary N) is 1. The van der Waals surface area contributed by atoms with Gasteiger partial charge < -0.3 is 5.73 Å². The van der Waals surface area contributed by atoms with Crippen molar-refractivity contribution in [1.29, 1.82) is 0 Å². The van der Waals surface area contributed by atoms with E-state index in [1.165, 1.54) is 49.7 Å². The molecular weight excluding hydrogens is 266 g/mol. The Bertz CT molecular complexity index is 480. The van der Waals surface area contributed by atoms with Crippen LogP contribution in [0, 0.1) is 11.3 Å². The van der Waals surface area contributed by atoms with Crippen LogP contribution in [0.5, 0.6) is 0 Å². The minimum absolute atomic E-state index is 0.0393. The third-order valence-corrected chi connectivity index (χ3v) is 6.40. The first-order chi connectivity index (χ1) is 10.4. The van der Waals surface area contributed by atoms with Gasteiger partial charge in [-0.05, 0) is 66.9 Å². The molecule has 22 heavy (non-hydrogen) atoms. The van der Waals surface area contributed by atoms with Gasteiger partial charge in [0.15, 0.2) is 0 Å². The van der Waals surface area contributed by atoms with Crippen LogP contribution in [0.1, 0.15) is 89.2 Å². The van der Waals surface area contributed by atoms with Gasteiger partial charge in [0, 0.05) is 5.54 Å². The molecule has 2 fully saturated rings. The van der Waals surface area contributed by atoms with Crippen LogP contribution in [0.2, 0.25) is 0 Å². The molecule has 2 aliphatic rings. The van der Waals surface area contributed by atoms with E-state index in [9.17, 15) is 0 Å². The average molecular weight is 300 g/mol. The van der Waals surface area contributed by atoms with Gasteiger partial charge in [-0.25, -0.2) is 0 Å². The van der Waals surface area contributed by atoms with E-state index < -0.39 is 0 Å². The summed E-state index contributed by atoms with van der Waals surface area (Å²) in [5.41, 5.74) is 9.91. The van der Waals surface area contributed by atoms with Crippen LogP contribution in [-0.4, -0.2) is 0 Å². The summed E-state index contributed by atoms with van der Waals surface area (Å²) in [4.78, 5) is 0. The molecule has 1 aromatic rings. The summed E-state index contributed by atoms with van der Waals surface area (Å²) in [6.07, 6.45) is 10.4. The Balaban J connectivity index is 1.65. The summed E-state index contributed by atoms with van der Waals surface area (Å²) in [6.45, 7) is 7.19. The molecule has 0 spiro atoms. The van der Waals surface area contributed by atoms with E-state index in [-0.39, 0.29) is 5.54 Å². The fraction of sp³-hybridized carbons (Fsp3) is 0.714. The summed E-state index contributed by atoms with van der Waals surface area (Å²) in [7, 11) is 0. The van der Waals surface area contributed by atoms with E-state index in [1.54, 1.807) is 0 Å². The van der Waals surface area contributed by atoms with Crippen molar-refractivity contribution in [2.24, 2.45) is 17.1 Å². The van der Waals surface area contributed by atoms with Crippen molar-refractivity contribution in [2.45, 2.75) is 83.6 Å². The fourth-order valence-corrected chi connectivity index (χ4v) is 4.67. The highest BCUT2D eigenvalue weighted by atomic mass is 14.8. The highest BCUT2D eigenvalue weighted by Gasteiger charge is 2.32. The maximum Gasteiger partial charge on any atom is 0.0409 e. The molecule has 2 saturated carbocycles. The quantitative estimate of drug-likeness (QED) is 0.741. The van der Waals surface area contributed by atoms with Crippen molar-refractivity contribution in [1.82, 2.24) is 0 Å². The summed E-state index contributed by atoms with van der Waals surface area (Å²) >= 11 is 0. The Labute approximate surface area is 136 Å². The van der Waals surface area contributed by atoms with Crippen LogP contribution in [0.15, 0.2) is 24.3 Å². The van der Waals surface area contributed by atoms with Crippen LogP contribution in [-0.2, 0) is 5.54 Å². The second-order valence-corrected chi connectivity index (χ2v) is 8.90. The van der Waals surface area contributed by atoms with Gasteiger partial charge in [0.2, 0.25) is 0 Å². The first-order valence-electron chi connectivity index (χ1n) is 9.28. The van der Waals surface area contributed by atoms with E-state index in [2.05, 4.69) is 45.0 Å². The fourth-order valence-electron chi connectivity index (χ4n) is 4.67. The summed E-state index contributed by atoms with van der Waals surface area (Å²) in [5, 5.41) is 0. The minimum atomic E-state index is -0.0393. The molecule has 0 aromatic heterocycles. The highest BCUT2D eigenvalue weighted by molar-refractivity contribution is 5.31. The van der Waals surface area contributed by atoms with E-state index in [4.69, 9.17) is 5.73 Å². The molecule has 0 amide bonds. The van der Waals surface area contributed by atoms with Gasteiger partial charge in [0.05, 0.1) is 0 Å². The van der Waals surface area contributed by atoms with Crippen LogP contribution in [0.25, 0.3) is 0 Å². The van der Waals surface area contributed by atoms with Crippen LogP contribution in [0.4, 0.5) is 0 Å². The Morgan fingerprint density at radius 3 is 1.95 bits per heavy atom. The van der Waals surface area contributed by atoms with E-state index in [0.717, 1.165) is 24.7 Å². The summed E-state index contributed by atoms with van der Waals surface area (Å²) in [6, 6.07) is 9.36. The molecule has 2 aliphatic carbocycles. The molecule has 3 rings (SSSR count). The van der Waals surface area contributed by atoms with Gasteiger partial charge >= 0.3 is 0 Å². The maximum atomic E-state index is 6.57. The van der Waals surface area contributed by atoms with Crippen molar-refractivity contribution in [3.8, 4) is 0 Å². The van der Waals surface area contributed by atoms with Gasteiger partial charge in [-0.15, -0.1) is 0 Å². The Morgan fingerprint density at radius 1 is 0.909 bits per heavy atom. The van der Waals surface area contributed by atoms with Gasteiger partial charge in [-0.2, -0.15) is 0 Å². The second-order valence-electron chi connectivity index (χ2n) is 8.90. The summed E-state index contributed by atoms with van der Waals surface area (Å²) in [5.74, 6) is 1.67. The van der Waals surface area contributed by atoms with E-state index in [1.807, 2.05) is 0 Å². The van der Waals surface area contributed by atoms with E-state index >= 15 is 0 Å². The molecule has 0 bridgehead atoms. The number of benzene rings is 1. The highest BCUT2D eigenvalue weighted by Crippen LogP contribution is 2.43. The lowest BCUT2D eigenvalue weighted by atomic mass is 9.68. The first-order valence-corrected chi connectivity index (χ1v) is 9.28. The molecule has 0 radical (unpaired) electrons. The number of hydrogen-bond acceptors (Lipinski definition) is 1. The standard InChI is InChI=1S/C21H33N/c1-20(2,3)18-10-6-16(7-11-18)17-8-12-19(13-9-17)21(22)14-4-5-15-21/h8-9,12-13,16,18H,4-7,10-11,14-15,22H2,1-3H3. The number of hydrogen-bond donors (Lipinski definition) is 1. The minimum Gasteiger partial charge on any atom is -0.321 e. The van der Waals surface area contributed by atoms with E-state index in [0.29, 0.717) is 5.41 Å². The zero-order valence-electron chi connectivity index (χ0n) is 14.7. The summed E-state index contributed by atoms with van der Waals surface area (Å²) < 4.78 is 0. The third kappa shape index (κ3) is 3.25. The van der Waals surface area contributed by atoms with Gasteiger partial charge in [0.25, 0.3) is 0 Å². The van der Waals surface area contributed by atoms with Gasteiger partial charge in [0.1, 0.15) is 0 Å². The molecule has 0 aliphatic heterocycles. The molecule has 1 aromatic carbocycles. The van der Waals surface area contributed by atoms with Crippen molar-refractivity contribution in [2.75, 3.05) is 0 Å². The predicted octanol–water partition coefficient (Wildman–Crippen LogP) is 5.73. The predicted molar refractivity (Wildman–Crippen MR) is 94.9 cm³/mol. The van der Waals surface area contributed by atoms with Crippen molar-refractivity contribution < 1.29 is 0 Å². The smallest absolute Gasteiger partial charge is 0.0409 e. The monoisotopic (exact) mass is 299 g/mol. The van der Waals surface area contributed by atoms with Gasteiger partial charge in [-0.3, -0.25) is 0 Å². The lowest BCUT2D eigenvalue weighted by molar-refractivity contribution is 0.169. The lowest BCUT2D eigenvalue weighted by Gasteiger charge is -2.37. The molecular formula is C21H33N. The normalized spacial score (nSPS) is 28.7. The molecule has 1 nitrogen and oxygen atoms in total. The Morgan fingerprint density at radius 2 is 1.45 bits per heavy atom. The van der Waals surface area contributed by atoms with Gasteiger partial charge in [-0.1, -0.05) is 57.9 Å². The number of rotatable bonds is 2. The third-order valence-electron chi connectivity index (χ3n) is 6.40. The topological polar surface area (TPSA) is 26.0 Å². The van der Waals surface area contributed by atoms with Crippen LogP contribution in [0.3, 0.4) is 0 Å². The molecule has 1 heteroatoms. The lowest BCUT2D eigenvalue weighted by Crippen LogP contribution is -2.33. The Hall–Kier alpha value is -0.820. The molecule has 0 unspecified atom stereocenters. The van der Waals surface area contributed by atoms with Crippen molar-refractivity contribution in [3.63, 3.8) is 0 Å². The second kappa shape index (κ2) is 6.00. The maximum absolute atomic E-state index is 6.57. The van der Waals surface area contributed by atoms with Crippen molar-refractivity contribution in [3.05, 3.63) is 35.4 Å². The van der Waals surface area contributed by atoms with Crippen LogP contribution < -0.4 is 5.73 Å². The Kier molecular flexibility index (Phi) is 4.38. The largest absolute Gasteiger partial charge is 0.321 e. The average Bonchev–Trinajstić information content (AvgIpc) is 2.95. The zero-order valence-corrected chi connectivity index (χ0v) is 14.7. The first kappa shape index (κ1) is 16.1. The molecule has 122 valence electrons. The van der Waals surface area contributed by atoms with Crippen LogP contribution >= 0.6 is 0 Å². The molecule has 0 saturated heterocycles. The SMILES string of the molecule is CC(C)(C)C1CCC(c2ccc(C3(N)CCCC3)cc2)CC1. The molecule has 0 heterocycles. The van der Waals surface area contributed by atoms with Crippen molar-refractivity contribution >= 4 is 0 Å². The zero-order chi connectivity index (χ0) is 15.8. The molecule has 0 atom stereocenters.